The molecule has 0 saturated carbocycles. The Morgan fingerprint density at radius 3 is 2.53 bits per heavy atom. The topological polar surface area (TPSA) is 26.0 Å². The standard InChI is InChI=1S/C16H14ClNS/c17-13-7-5-11(6-8-13)9-14(18)16-10-12-3-1-2-4-15(12)19-16/h1-8,10,14H,9,18H2. The van der Waals surface area contributed by atoms with E-state index in [1.165, 1.54) is 20.5 Å². The van der Waals surface area contributed by atoms with Gasteiger partial charge in [-0.05, 0) is 41.6 Å². The van der Waals surface area contributed by atoms with Crippen molar-refractivity contribution in [2.75, 3.05) is 0 Å². The lowest BCUT2D eigenvalue weighted by Gasteiger charge is -2.09. The molecule has 1 atom stereocenters. The molecule has 1 nitrogen and oxygen atoms in total. The van der Waals surface area contributed by atoms with E-state index in [2.05, 4.69) is 30.3 Å². The Bertz CT molecular complexity index is 654. The maximum atomic E-state index is 6.31. The Balaban J connectivity index is 1.83. The van der Waals surface area contributed by atoms with Crippen molar-refractivity contribution in [3.05, 3.63) is 70.1 Å². The highest BCUT2D eigenvalue weighted by molar-refractivity contribution is 7.19. The van der Waals surface area contributed by atoms with E-state index in [9.17, 15) is 0 Å². The van der Waals surface area contributed by atoms with Crippen molar-refractivity contribution in [3.8, 4) is 0 Å². The predicted octanol–water partition coefficient (Wildman–Crippen LogP) is 4.80. The maximum absolute atomic E-state index is 6.31. The summed E-state index contributed by atoms with van der Waals surface area (Å²) in [4.78, 5) is 1.23. The Morgan fingerprint density at radius 2 is 1.79 bits per heavy atom. The van der Waals surface area contributed by atoms with E-state index in [1.54, 1.807) is 11.3 Å². The second kappa shape index (κ2) is 5.33. The molecule has 0 radical (unpaired) electrons. The summed E-state index contributed by atoms with van der Waals surface area (Å²) in [6.07, 6.45) is 0.837. The van der Waals surface area contributed by atoms with E-state index in [1.807, 2.05) is 24.3 Å². The summed E-state index contributed by atoms with van der Waals surface area (Å²) in [5.41, 5.74) is 7.52. The lowest BCUT2D eigenvalue weighted by atomic mass is 10.1. The van der Waals surface area contributed by atoms with Crippen LogP contribution in [0.3, 0.4) is 0 Å². The van der Waals surface area contributed by atoms with Crippen LogP contribution in [0.5, 0.6) is 0 Å². The van der Waals surface area contributed by atoms with Crippen LogP contribution in [-0.4, -0.2) is 0 Å². The summed E-state index contributed by atoms with van der Waals surface area (Å²) in [6, 6.07) is 18.5. The van der Waals surface area contributed by atoms with E-state index in [4.69, 9.17) is 17.3 Å². The number of nitrogens with two attached hydrogens (primary N) is 1. The molecule has 0 fully saturated rings. The molecule has 19 heavy (non-hydrogen) atoms. The normalized spacial score (nSPS) is 12.7. The van der Waals surface area contributed by atoms with Gasteiger partial charge in [0.2, 0.25) is 0 Å². The summed E-state index contributed by atoms with van der Waals surface area (Å²) in [6.45, 7) is 0. The van der Waals surface area contributed by atoms with E-state index >= 15 is 0 Å². The highest BCUT2D eigenvalue weighted by Gasteiger charge is 2.10. The number of rotatable bonds is 3. The van der Waals surface area contributed by atoms with Crippen LogP contribution < -0.4 is 5.73 Å². The van der Waals surface area contributed by atoms with Gasteiger partial charge < -0.3 is 5.73 Å². The van der Waals surface area contributed by atoms with Gasteiger partial charge >= 0.3 is 0 Å². The molecule has 3 rings (SSSR count). The van der Waals surface area contributed by atoms with Crippen LogP contribution in [0.4, 0.5) is 0 Å². The SMILES string of the molecule is NC(Cc1ccc(Cl)cc1)c1cc2ccccc2s1. The molecular formula is C16H14ClNS. The maximum Gasteiger partial charge on any atom is 0.0431 e. The summed E-state index contributed by atoms with van der Waals surface area (Å²) >= 11 is 7.67. The number of halogens is 1. The smallest absolute Gasteiger partial charge is 0.0431 e. The third kappa shape index (κ3) is 2.81. The van der Waals surface area contributed by atoms with Crippen LogP contribution in [0, 0.1) is 0 Å². The first-order valence-corrected chi connectivity index (χ1v) is 7.40. The second-order valence-electron chi connectivity index (χ2n) is 4.62. The van der Waals surface area contributed by atoms with Crippen molar-refractivity contribution in [3.63, 3.8) is 0 Å². The first kappa shape index (κ1) is 12.7. The third-order valence-corrected chi connectivity index (χ3v) is 4.68. The fraction of sp³-hybridized carbons (Fsp3) is 0.125. The minimum atomic E-state index is 0.0403. The highest BCUT2D eigenvalue weighted by Crippen LogP contribution is 2.30. The molecular weight excluding hydrogens is 274 g/mol. The van der Waals surface area contributed by atoms with Gasteiger partial charge in [0.15, 0.2) is 0 Å². The Hall–Kier alpha value is -1.35. The van der Waals surface area contributed by atoms with Crippen LogP contribution >= 0.6 is 22.9 Å². The Labute approximate surface area is 121 Å². The second-order valence-corrected chi connectivity index (χ2v) is 6.18. The lowest BCUT2D eigenvalue weighted by Crippen LogP contribution is -2.11. The average molecular weight is 288 g/mol. The predicted molar refractivity (Wildman–Crippen MR) is 83.9 cm³/mol. The van der Waals surface area contributed by atoms with Gasteiger partial charge in [0.25, 0.3) is 0 Å². The van der Waals surface area contributed by atoms with Gasteiger partial charge in [0.1, 0.15) is 0 Å². The zero-order valence-electron chi connectivity index (χ0n) is 10.3. The molecule has 1 aromatic heterocycles. The minimum absolute atomic E-state index is 0.0403. The van der Waals surface area contributed by atoms with Crippen LogP contribution in [0.25, 0.3) is 10.1 Å². The van der Waals surface area contributed by atoms with Crippen LogP contribution in [0.2, 0.25) is 5.02 Å². The molecule has 0 saturated heterocycles. The molecule has 2 aromatic carbocycles. The zero-order chi connectivity index (χ0) is 13.2. The van der Waals surface area contributed by atoms with Crippen LogP contribution in [-0.2, 0) is 6.42 Å². The largest absolute Gasteiger partial charge is 0.323 e. The van der Waals surface area contributed by atoms with E-state index in [0.29, 0.717) is 0 Å². The number of thiophene rings is 1. The van der Waals surface area contributed by atoms with Crippen molar-refractivity contribution in [2.45, 2.75) is 12.5 Å². The molecule has 0 bridgehead atoms. The molecule has 0 amide bonds. The van der Waals surface area contributed by atoms with E-state index in [-0.39, 0.29) is 6.04 Å². The van der Waals surface area contributed by atoms with Crippen molar-refractivity contribution in [1.82, 2.24) is 0 Å². The fourth-order valence-electron chi connectivity index (χ4n) is 2.16. The zero-order valence-corrected chi connectivity index (χ0v) is 11.9. The summed E-state index contributed by atoms with van der Waals surface area (Å²) in [7, 11) is 0. The van der Waals surface area contributed by atoms with Crippen molar-refractivity contribution in [1.29, 1.82) is 0 Å². The molecule has 1 unspecified atom stereocenters. The number of hydrogen-bond donors (Lipinski definition) is 1. The first-order chi connectivity index (χ1) is 9.22. The lowest BCUT2D eigenvalue weighted by molar-refractivity contribution is 0.737. The number of benzene rings is 2. The van der Waals surface area contributed by atoms with E-state index in [0.717, 1.165) is 11.4 Å². The van der Waals surface area contributed by atoms with Gasteiger partial charge in [-0.3, -0.25) is 0 Å². The van der Waals surface area contributed by atoms with Crippen LogP contribution in [0.15, 0.2) is 54.6 Å². The van der Waals surface area contributed by atoms with Gasteiger partial charge in [-0.25, -0.2) is 0 Å². The Kier molecular flexibility index (Phi) is 3.56. The molecule has 3 heteroatoms. The summed E-state index contributed by atoms with van der Waals surface area (Å²) in [5.74, 6) is 0. The highest BCUT2D eigenvalue weighted by atomic mass is 35.5. The molecule has 0 aliphatic heterocycles. The fourth-order valence-corrected chi connectivity index (χ4v) is 3.35. The molecule has 2 N–H and O–H groups in total. The summed E-state index contributed by atoms with van der Waals surface area (Å²) < 4.78 is 1.30. The number of fused-ring (bicyclic) bond motifs is 1. The van der Waals surface area contributed by atoms with Gasteiger partial charge in [-0.1, -0.05) is 41.9 Å². The molecule has 0 aliphatic carbocycles. The molecule has 0 aliphatic rings. The minimum Gasteiger partial charge on any atom is -0.323 e. The van der Waals surface area contributed by atoms with Gasteiger partial charge in [0.05, 0.1) is 0 Å². The molecule has 3 aromatic rings. The average Bonchev–Trinajstić information content (AvgIpc) is 2.85. The van der Waals surface area contributed by atoms with Crippen molar-refractivity contribution >= 4 is 33.0 Å². The molecule has 0 spiro atoms. The van der Waals surface area contributed by atoms with Crippen molar-refractivity contribution in [2.24, 2.45) is 5.73 Å². The van der Waals surface area contributed by atoms with E-state index < -0.39 is 0 Å². The third-order valence-electron chi connectivity index (χ3n) is 3.18. The quantitative estimate of drug-likeness (QED) is 0.736. The number of hydrogen-bond acceptors (Lipinski definition) is 2. The van der Waals surface area contributed by atoms with Crippen LogP contribution in [0.1, 0.15) is 16.5 Å². The van der Waals surface area contributed by atoms with Gasteiger partial charge in [-0.2, -0.15) is 0 Å². The molecule has 1 heterocycles. The molecule has 96 valence electrons. The first-order valence-electron chi connectivity index (χ1n) is 6.21. The Morgan fingerprint density at radius 1 is 1.05 bits per heavy atom. The summed E-state index contributed by atoms with van der Waals surface area (Å²) in [5, 5.41) is 2.04. The monoisotopic (exact) mass is 287 g/mol. The van der Waals surface area contributed by atoms with Crippen molar-refractivity contribution < 1.29 is 0 Å². The van der Waals surface area contributed by atoms with Gasteiger partial charge in [-0.15, -0.1) is 11.3 Å². The van der Waals surface area contributed by atoms with Gasteiger partial charge in [0, 0.05) is 20.6 Å².